The van der Waals surface area contributed by atoms with Crippen LogP contribution in [0.3, 0.4) is 0 Å². The van der Waals surface area contributed by atoms with Crippen LogP contribution in [0.2, 0.25) is 0 Å². The minimum absolute atomic E-state index is 0.193. The highest BCUT2D eigenvalue weighted by atomic mass is 79.9. The van der Waals surface area contributed by atoms with Crippen molar-refractivity contribution in [3.8, 4) is 5.75 Å². The molecule has 0 heterocycles. The molecular formula is C14H20BrNO2. The number of ether oxygens (including phenoxy) is 1. The smallest absolute Gasteiger partial charge is 0.222 e. The van der Waals surface area contributed by atoms with Crippen molar-refractivity contribution in [2.24, 2.45) is 0 Å². The van der Waals surface area contributed by atoms with Crippen LogP contribution in [0.5, 0.6) is 5.75 Å². The standard InChI is InChI=1S/C14H20BrNO2/c1-16(14(17)8-3-4-9-15)11-12-6-5-7-13(10-12)18-2/h5-7,10H,3-4,8-9,11H2,1-2H3. The molecule has 3 nitrogen and oxygen atoms in total. The Hall–Kier alpha value is -1.03. The van der Waals surface area contributed by atoms with Gasteiger partial charge >= 0.3 is 0 Å². The molecule has 0 spiro atoms. The van der Waals surface area contributed by atoms with Crippen molar-refractivity contribution >= 4 is 21.8 Å². The molecule has 1 amide bonds. The van der Waals surface area contributed by atoms with Crippen molar-refractivity contribution in [3.05, 3.63) is 29.8 Å². The first-order chi connectivity index (χ1) is 8.67. The van der Waals surface area contributed by atoms with Crippen LogP contribution in [-0.2, 0) is 11.3 Å². The number of nitrogens with zero attached hydrogens (tertiary/aromatic N) is 1. The highest BCUT2D eigenvalue weighted by Crippen LogP contribution is 2.14. The fourth-order valence-corrected chi connectivity index (χ4v) is 2.09. The molecule has 18 heavy (non-hydrogen) atoms. The predicted molar refractivity (Wildman–Crippen MR) is 77.1 cm³/mol. The van der Waals surface area contributed by atoms with Crippen molar-refractivity contribution in [1.82, 2.24) is 4.90 Å². The number of alkyl halides is 1. The average molecular weight is 314 g/mol. The Kier molecular flexibility index (Phi) is 6.80. The van der Waals surface area contributed by atoms with Crippen LogP contribution in [-0.4, -0.2) is 30.3 Å². The molecule has 0 unspecified atom stereocenters. The fourth-order valence-electron chi connectivity index (χ4n) is 1.69. The van der Waals surface area contributed by atoms with E-state index in [2.05, 4.69) is 15.9 Å². The number of carbonyl (C=O) groups is 1. The Morgan fingerprint density at radius 1 is 1.39 bits per heavy atom. The number of halogens is 1. The van der Waals surface area contributed by atoms with Crippen molar-refractivity contribution in [2.45, 2.75) is 25.8 Å². The second-order valence-electron chi connectivity index (χ2n) is 4.25. The maximum atomic E-state index is 11.9. The topological polar surface area (TPSA) is 29.5 Å². The van der Waals surface area contributed by atoms with Crippen LogP contribution in [0.15, 0.2) is 24.3 Å². The molecule has 0 radical (unpaired) electrons. The Morgan fingerprint density at radius 2 is 2.17 bits per heavy atom. The second kappa shape index (κ2) is 8.14. The SMILES string of the molecule is COc1cccc(CN(C)C(=O)CCCCBr)c1. The third-order valence-electron chi connectivity index (χ3n) is 2.75. The zero-order valence-corrected chi connectivity index (χ0v) is 12.6. The molecule has 0 N–H and O–H groups in total. The molecule has 1 aromatic rings. The highest BCUT2D eigenvalue weighted by Gasteiger charge is 2.09. The van der Waals surface area contributed by atoms with Gasteiger partial charge in [0.15, 0.2) is 0 Å². The minimum Gasteiger partial charge on any atom is -0.497 e. The number of methoxy groups -OCH3 is 1. The number of rotatable bonds is 7. The molecule has 0 atom stereocenters. The summed E-state index contributed by atoms with van der Waals surface area (Å²) < 4.78 is 5.17. The molecule has 0 aliphatic rings. The number of unbranched alkanes of at least 4 members (excludes halogenated alkanes) is 1. The summed E-state index contributed by atoms with van der Waals surface area (Å²) in [6.45, 7) is 0.629. The molecule has 0 bridgehead atoms. The van der Waals surface area contributed by atoms with Gasteiger partial charge in [-0.25, -0.2) is 0 Å². The van der Waals surface area contributed by atoms with E-state index in [1.54, 1.807) is 12.0 Å². The monoisotopic (exact) mass is 313 g/mol. The zero-order chi connectivity index (χ0) is 13.4. The van der Waals surface area contributed by atoms with E-state index in [1.807, 2.05) is 31.3 Å². The number of hydrogen-bond acceptors (Lipinski definition) is 2. The molecule has 100 valence electrons. The third-order valence-corrected chi connectivity index (χ3v) is 3.31. The molecule has 0 saturated carbocycles. The van der Waals surface area contributed by atoms with Gasteiger partial charge < -0.3 is 9.64 Å². The normalized spacial score (nSPS) is 10.2. The first-order valence-corrected chi connectivity index (χ1v) is 7.22. The fraction of sp³-hybridized carbons (Fsp3) is 0.500. The van der Waals surface area contributed by atoms with Gasteiger partial charge in [-0.1, -0.05) is 28.1 Å². The van der Waals surface area contributed by atoms with Gasteiger partial charge in [-0.15, -0.1) is 0 Å². The van der Waals surface area contributed by atoms with E-state index in [0.29, 0.717) is 13.0 Å². The van der Waals surface area contributed by atoms with Gasteiger partial charge in [0.05, 0.1) is 7.11 Å². The van der Waals surface area contributed by atoms with Crippen LogP contribution in [0.4, 0.5) is 0 Å². The van der Waals surface area contributed by atoms with E-state index >= 15 is 0 Å². The Bertz CT molecular complexity index is 382. The van der Waals surface area contributed by atoms with E-state index < -0.39 is 0 Å². The van der Waals surface area contributed by atoms with E-state index in [9.17, 15) is 4.79 Å². The number of benzene rings is 1. The average Bonchev–Trinajstić information content (AvgIpc) is 2.39. The Balaban J connectivity index is 2.47. The lowest BCUT2D eigenvalue weighted by Crippen LogP contribution is -2.25. The van der Waals surface area contributed by atoms with Crippen LogP contribution in [0.25, 0.3) is 0 Å². The molecule has 0 aliphatic heterocycles. The zero-order valence-electron chi connectivity index (χ0n) is 11.0. The summed E-state index contributed by atoms with van der Waals surface area (Å²) in [5, 5.41) is 0.958. The summed E-state index contributed by atoms with van der Waals surface area (Å²) in [6.07, 6.45) is 2.59. The van der Waals surface area contributed by atoms with Gasteiger partial charge in [0, 0.05) is 25.3 Å². The first-order valence-electron chi connectivity index (χ1n) is 6.10. The number of amides is 1. The summed E-state index contributed by atoms with van der Waals surface area (Å²) in [6, 6.07) is 7.81. The van der Waals surface area contributed by atoms with Gasteiger partial charge in [-0.05, 0) is 30.5 Å². The quantitative estimate of drug-likeness (QED) is 0.571. The molecule has 0 fully saturated rings. The van der Waals surface area contributed by atoms with Crippen molar-refractivity contribution in [3.63, 3.8) is 0 Å². The molecule has 1 rings (SSSR count). The van der Waals surface area contributed by atoms with Crippen LogP contribution in [0, 0.1) is 0 Å². The lowest BCUT2D eigenvalue weighted by atomic mass is 10.2. The lowest BCUT2D eigenvalue weighted by Gasteiger charge is -2.17. The summed E-state index contributed by atoms with van der Waals surface area (Å²) in [4.78, 5) is 13.6. The van der Waals surface area contributed by atoms with Gasteiger partial charge in [-0.3, -0.25) is 4.79 Å². The molecule has 0 saturated heterocycles. The first kappa shape index (κ1) is 15.0. The van der Waals surface area contributed by atoms with Crippen LogP contribution < -0.4 is 4.74 Å². The summed E-state index contributed by atoms with van der Waals surface area (Å²) >= 11 is 3.37. The minimum atomic E-state index is 0.193. The largest absolute Gasteiger partial charge is 0.497 e. The van der Waals surface area contributed by atoms with Gasteiger partial charge in [0.25, 0.3) is 0 Å². The summed E-state index contributed by atoms with van der Waals surface area (Å²) in [7, 11) is 3.49. The third kappa shape index (κ3) is 5.08. The predicted octanol–water partition coefficient (Wildman–Crippen LogP) is 3.22. The van der Waals surface area contributed by atoms with Crippen LogP contribution in [0.1, 0.15) is 24.8 Å². The van der Waals surface area contributed by atoms with E-state index in [-0.39, 0.29) is 5.91 Å². The second-order valence-corrected chi connectivity index (χ2v) is 5.04. The molecule has 0 aromatic heterocycles. The molecule has 0 aliphatic carbocycles. The maximum absolute atomic E-state index is 11.9. The van der Waals surface area contributed by atoms with Gasteiger partial charge in [0.1, 0.15) is 5.75 Å². The van der Waals surface area contributed by atoms with Crippen molar-refractivity contribution in [2.75, 3.05) is 19.5 Å². The highest BCUT2D eigenvalue weighted by molar-refractivity contribution is 9.09. The van der Waals surface area contributed by atoms with Crippen molar-refractivity contribution in [1.29, 1.82) is 0 Å². The molecule has 4 heteroatoms. The molecule has 1 aromatic carbocycles. The van der Waals surface area contributed by atoms with E-state index in [0.717, 1.165) is 29.5 Å². The Labute approximate surface area is 117 Å². The maximum Gasteiger partial charge on any atom is 0.222 e. The van der Waals surface area contributed by atoms with Gasteiger partial charge in [-0.2, -0.15) is 0 Å². The number of carbonyl (C=O) groups excluding carboxylic acids is 1. The van der Waals surface area contributed by atoms with Gasteiger partial charge in [0.2, 0.25) is 5.91 Å². The number of hydrogen-bond donors (Lipinski definition) is 0. The summed E-state index contributed by atoms with van der Waals surface area (Å²) in [5.74, 6) is 1.02. The molecular weight excluding hydrogens is 294 g/mol. The summed E-state index contributed by atoms with van der Waals surface area (Å²) in [5.41, 5.74) is 1.09. The van der Waals surface area contributed by atoms with Crippen molar-refractivity contribution < 1.29 is 9.53 Å². The van der Waals surface area contributed by atoms with Crippen LogP contribution >= 0.6 is 15.9 Å². The van der Waals surface area contributed by atoms with E-state index in [1.165, 1.54) is 0 Å². The lowest BCUT2D eigenvalue weighted by molar-refractivity contribution is -0.130. The Morgan fingerprint density at radius 3 is 2.83 bits per heavy atom. The van der Waals surface area contributed by atoms with E-state index in [4.69, 9.17) is 4.74 Å².